The fraction of sp³-hybridized carbons (Fsp3) is 0.286. The topological polar surface area (TPSA) is 114 Å². The Hall–Kier alpha value is -3.41. The molecule has 33 heavy (non-hydrogen) atoms. The predicted octanol–water partition coefficient (Wildman–Crippen LogP) is 4.23. The van der Waals surface area contributed by atoms with E-state index in [4.69, 9.17) is 4.42 Å². The Morgan fingerprint density at radius 3 is 2.30 bits per heavy atom. The molecule has 0 saturated carbocycles. The lowest BCUT2D eigenvalue weighted by atomic mass is 9.87. The summed E-state index contributed by atoms with van der Waals surface area (Å²) in [5, 5.41) is 10.0. The average Bonchev–Trinajstić information content (AvgIpc) is 3.21. The highest BCUT2D eigenvalue weighted by molar-refractivity contribution is 7.93. The highest BCUT2D eigenvalue weighted by Crippen LogP contribution is 2.28. The van der Waals surface area contributed by atoms with Crippen LogP contribution in [-0.4, -0.2) is 30.0 Å². The second-order valence-electron chi connectivity index (χ2n) is 8.17. The Kier molecular flexibility index (Phi) is 6.50. The van der Waals surface area contributed by atoms with Crippen molar-refractivity contribution < 1.29 is 30.8 Å². The number of nitrogens with one attached hydrogen (secondary N) is 2. The van der Waals surface area contributed by atoms with Crippen LogP contribution in [0.1, 0.15) is 42.6 Å². The Morgan fingerprint density at radius 1 is 1.03 bits per heavy atom. The second kappa shape index (κ2) is 8.85. The first-order valence-electron chi connectivity index (χ1n) is 9.67. The molecule has 0 aliphatic rings. The zero-order chi connectivity index (χ0) is 24.4. The number of sulfonamides is 1. The molecule has 0 bridgehead atoms. The molecule has 1 aromatic heterocycles. The third-order valence-electron chi connectivity index (χ3n) is 4.56. The quantitative estimate of drug-likeness (QED) is 0.544. The van der Waals surface area contributed by atoms with Crippen molar-refractivity contribution in [3.8, 4) is 11.5 Å². The van der Waals surface area contributed by atoms with Gasteiger partial charge in [0.05, 0.1) is 0 Å². The Bertz CT molecular complexity index is 1250. The van der Waals surface area contributed by atoms with Crippen LogP contribution >= 0.6 is 0 Å². The van der Waals surface area contributed by atoms with Gasteiger partial charge in [0.2, 0.25) is 5.89 Å². The number of rotatable bonds is 6. The molecule has 0 radical (unpaired) electrons. The SMILES string of the molecule is CC(C)(C)c1ccc(CNC(=O)c2nnc(-c3cccc(NS(=O)(=O)C(F)(F)F)c3)o2)cc1. The summed E-state index contributed by atoms with van der Waals surface area (Å²) in [5.41, 5.74) is -3.67. The van der Waals surface area contributed by atoms with Crippen LogP contribution in [-0.2, 0) is 22.0 Å². The van der Waals surface area contributed by atoms with Gasteiger partial charge in [0.25, 0.3) is 0 Å². The van der Waals surface area contributed by atoms with Crippen LogP contribution in [0.2, 0.25) is 0 Å². The number of alkyl halides is 3. The zero-order valence-corrected chi connectivity index (χ0v) is 18.7. The number of hydrogen-bond acceptors (Lipinski definition) is 6. The molecule has 0 aliphatic heterocycles. The van der Waals surface area contributed by atoms with E-state index in [1.165, 1.54) is 16.9 Å². The fourth-order valence-electron chi connectivity index (χ4n) is 2.74. The third-order valence-corrected chi connectivity index (χ3v) is 5.67. The molecule has 3 rings (SSSR count). The Labute approximate surface area is 188 Å². The van der Waals surface area contributed by atoms with Crippen LogP contribution in [0.25, 0.3) is 11.5 Å². The van der Waals surface area contributed by atoms with Gasteiger partial charge >= 0.3 is 27.3 Å². The van der Waals surface area contributed by atoms with E-state index in [1.807, 2.05) is 24.3 Å². The minimum Gasteiger partial charge on any atom is -0.412 e. The normalized spacial score (nSPS) is 12.4. The van der Waals surface area contributed by atoms with E-state index in [0.29, 0.717) is 0 Å². The Morgan fingerprint density at radius 2 is 1.70 bits per heavy atom. The van der Waals surface area contributed by atoms with Gasteiger partial charge in [-0.2, -0.15) is 21.6 Å². The minimum atomic E-state index is -5.58. The second-order valence-corrected chi connectivity index (χ2v) is 9.85. The molecule has 0 atom stereocenters. The van der Waals surface area contributed by atoms with Gasteiger partial charge in [0.1, 0.15) is 0 Å². The van der Waals surface area contributed by atoms with E-state index in [0.717, 1.165) is 23.3 Å². The minimum absolute atomic E-state index is 0.00565. The first-order chi connectivity index (χ1) is 15.3. The van der Waals surface area contributed by atoms with Crippen LogP contribution in [0.3, 0.4) is 0 Å². The maximum absolute atomic E-state index is 12.6. The predicted molar refractivity (Wildman–Crippen MR) is 115 cm³/mol. The number of nitrogens with zero attached hydrogens (tertiary/aromatic N) is 2. The zero-order valence-electron chi connectivity index (χ0n) is 17.9. The maximum atomic E-state index is 12.6. The van der Waals surface area contributed by atoms with Gasteiger partial charge < -0.3 is 9.73 Å². The highest BCUT2D eigenvalue weighted by Gasteiger charge is 2.46. The number of amides is 1. The van der Waals surface area contributed by atoms with Crippen molar-refractivity contribution in [2.45, 2.75) is 38.2 Å². The largest absolute Gasteiger partial charge is 0.516 e. The standard InChI is InChI=1S/C21H21F3N4O4S/c1-20(2,3)15-9-7-13(8-10-15)12-25-17(29)19-27-26-18(32-19)14-5-4-6-16(11-14)28-33(30,31)21(22,23)24/h4-11,28H,12H2,1-3H3,(H,25,29). The summed E-state index contributed by atoms with van der Waals surface area (Å²) in [7, 11) is -5.58. The van der Waals surface area contributed by atoms with E-state index in [2.05, 4.69) is 36.3 Å². The van der Waals surface area contributed by atoms with Gasteiger partial charge in [-0.05, 0) is 34.7 Å². The monoisotopic (exact) mass is 482 g/mol. The van der Waals surface area contributed by atoms with Crippen molar-refractivity contribution in [2.75, 3.05) is 4.72 Å². The van der Waals surface area contributed by atoms with E-state index in [9.17, 15) is 26.4 Å². The number of anilines is 1. The molecule has 0 saturated heterocycles. The average molecular weight is 482 g/mol. The summed E-state index contributed by atoms with van der Waals surface area (Å²) in [6.07, 6.45) is 0. The number of benzene rings is 2. The maximum Gasteiger partial charge on any atom is 0.516 e. The molecular weight excluding hydrogens is 461 g/mol. The summed E-state index contributed by atoms with van der Waals surface area (Å²) in [4.78, 5) is 12.3. The molecule has 2 aromatic carbocycles. The Balaban J connectivity index is 1.68. The summed E-state index contributed by atoms with van der Waals surface area (Å²) in [6, 6.07) is 12.7. The smallest absolute Gasteiger partial charge is 0.412 e. The number of hydrogen-bond donors (Lipinski definition) is 2. The molecule has 0 fully saturated rings. The molecule has 1 amide bonds. The third kappa shape index (κ3) is 5.89. The van der Waals surface area contributed by atoms with Crippen molar-refractivity contribution in [3.63, 3.8) is 0 Å². The number of halogens is 3. The van der Waals surface area contributed by atoms with Crippen LogP contribution in [0, 0.1) is 0 Å². The first-order valence-corrected chi connectivity index (χ1v) is 11.2. The lowest BCUT2D eigenvalue weighted by Crippen LogP contribution is -2.29. The van der Waals surface area contributed by atoms with Crippen molar-refractivity contribution in [3.05, 3.63) is 65.5 Å². The molecule has 0 unspecified atom stereocenters. The van der Waals surface area contributed by atoms with E-state index in [1.54, 1.807) is 0 Å². The van der Waals surface area contributed by atoms with Crippen molar-refractivity contribution in [1.29, 1.82) is 0 Å². The van der Waals surface area contributed by atoms with Gasteiger partial charge in [0, 0.05) is 17.8 Å². The van der Waals surface area contributed by atoms with Gasteiger partial charge in [0.15, 0.2) is 0 Å². The highest BCUT2D eigenvalue weighted by atomic mass is 32.2. The number of carbonyl (C=O) groups excluding carboxylic acids is 1. The molecule has 176 valence electrons. The lowest BCUT2D eigenvalue weighted by molar-refractivity contribution is -0.0429. The molecule has 12 heteroatoms. The summed E-state index contributed by atoms with van der Waals surface area (Å²) in [6.45, 7) is 6.50. The lowest BCUT2D eigenvalue weighted by Gasteiger charge is -2.19. The van der Waals surface area contributed by atoms with Gasteiger partial charge in [-0.3, -0.25) is 9.52 Å². The molecule has 2 N–H and O–H groups in total. The summed E-state index contributed by atoms with van der Waals surface area (Å²) in [5.74, 6) is -1.15. The molecular formula is C21H21F3N4O4S. The molecule has 0 spiro atoms. The van der Waals surface area contributed by atoms with Crippen molar-refractivity contribution in [1.82, 2.24) is 15.5 Å². The molecule has 0 aliphatic carbocycles. The van der Waals surface area contributed by atoms with Crippen molar-refractivity contribution >= 4 is 21.6 Å². The van der Waals surface area contributed by atoms with E-state index >= 15 is 0 Å². The van der Waals surface area contributed by atoms with Crippen LogP contribution < -0.4 is 10.0 Å². The van der Waals surface area contributed by atoms with E-state index < -0.39 is 21.4 Å². The number of aromatic nitrogens is 2. The van der Waals surface area contributed by atoms with E-state index in [-0.39, 0.29) is 35.0 Å². The van der Waals surface area contributed by atoms with Crippen LogP contribution in [0.5, 0.6) is 0 Å². The first kappa shape index (κ1) is 24.2. The summed E-state index contributed by atoms with van der Waals surface area (Å²) < 4.78 is 67.0. The summed E-state index contributed by atoms with van der Waals surface area (Å²) >= 11 is 0. The molecule has 8 nitrogen and oxygen atoms in total. The van der Waals surface area contributed by atoms with Gasteiger partial charge in [-0.25, -0.2) is 0 Å². The number of carbonyl (C=O) groups is 1. The fourth-order valence-corrected chi connectivity index (χ4v) is 3.29. The van der Waals surface area contributed by atoms with Gasteiger partial charge in [-0.1, -0.05) is 51.1 Å². The van der Waals surface area contributed by atoms with Crippen molar-refractivity contribution in [2.24, 2.45) is 0 Å². The molecule has 3 aromatic rings. The van der Waals surface area contributed by atoms with Crippen LogP contribution in [0.4, 0.5) is 18.9 Å². The molecule has 1 heterocycles. The van der Waals surface area contributed by atoms with Gasteiger partial charge in [-0.15, -0.1) is 10.2 Å². The van der Waals surface area contributed by atoms with Crippen LogP contribution in [0.15, 0.2) is 52.9 Å².